The highest BCUT2D eigenvalue weighted by atomic mass is 35.5. The second kappa shape index (κ2) is 15.0. The van der Waals surface area contributed by atoms with E-state index in [4.69, 9.17) is 21.3 Å². The van der Waals surface area contributed by atoms with Crippen LogP contribution in [0.2, 0.25) is 5.02 Å². The number of aliphatic hydroxyl groups excluding tert-OH is 1. The average Bonchev–Trinajstić information content (AvgIpc) is 2.97. The largest absolute Gasteiger partial charge is 0.492 e. The number of amides is 1. The number of benzene rings is 2. The number of hydrogen-bond donors (Lipinski definition) is 3. The fourth-order valence-electron chi connectivity index (χ4n) is 5.36. The first-order chi connectivity index (χ1) is 20.0. The number of halogens is 2. The van der Waals surface area contributed by atoms with Gasteiger partial charge in [0.2, 0.25) is 0 Å². The van der Waals surface area contributed by atoms with Crippen LogP contribution in [0, 0.1) is 0 Å². The number of nitrogens with zero attached hydrogens (tertiary/aromatic N) is 2. The van der Waals surface area contributed by atoms with E-state index in [0.29, 0.717) is 35.9 Å². The van der Waals surface area contributed by atoms with Crippen LogP contribution in [-0.2, 0) is 4.79 Å². The van der Waals surface area contributed by atoms with E-state index >= 15 is 0 Å². The predicted molar refractivity (Wildman–Crippen MR) is 172 cm³/mol. The molecule has 3 aromatic rings. The van der Waals surface area contributed by atoms with Gasteiger partial charge in [-0.3, -0.25) is 4.79 Å². The lowest BCUT2D eigenvalue weighted by atomic mass is 9.80. The number of carboxylic acids is 1. The summed E-state index contributed by atoms with van der Waals surface area (Å²) >= 11 is 6.50. The summed E-state index contributed by atoms with van der Waals surface area (Å²) < 4.78 is 6.03. The summed E-state index contributed by atoms with van der Waals surface area (Å²) in [5.74, 6) is -0.916. The summed E-state index contributed by atoms with van der Waals surface area (Å²) in [5.41, 5.74) is 2.91. The molecule has 1 aliphatic rings. The SMILES string of the molecule is CC(C)c1ccccc1-c1ccc(C(=O)NC2(C(=O)O)CCC(O)CC2)nc1-c1ccc(Cl)c(OCCCN(C)C)c1.Cl. The molecule has 0 saturated heterocycles. The van der Waals surface area contributed by atoms with Crippen molar-refractivity contribution in [3.63, 3.8) is 0 Å². The lowest BCUT2D eigenvalue weighted by Crippen LogP contribution is -2.57. The van der Waals surface area contributed by atoms with Gasteiger partial charge in [-0.2, -0.15) is 0 Å². The minimum atomic E-state index is -1.45. The van der Waals surface area contributed by atoms with Crippen molar-refractivity contribution >= 4 is 35.9 Å². The third kappa shape index (κ3) is 8.26. The van der Waals surface area contributed by atoms with Crippen LogP contribution < -0.4 is 10.1 Å². The summed E-state index contributed by atoms with van der Waals surface area (Å²) in [6.07, 6.45) is 1.16. The van der Waals surface area contributed by atoms with Gasteiger partial charge in [0.05, 0.1) is 23.4 Å². The van der Waals surface area contributed by atoms with Gasteiger partial charge >= 0.3 is 5.97 Å². The van der Waals surface area contributed by atoms with Crippen LogP contribution in [0.3, 0.4) is 0 Å². The number of aromatic nitrogens is 1. The Hall–Kier alpha value is -3.17. The molecule has 0 radical (unpaired) electrons. The lowest BCUT2D eigenvalue weighted by Gasteiger charge is -2.35. The van der Waals surface area contributed by atoms with Gasteiger partial charge in [0, 0.05) is 17.7 Å². The zero-order valence-corrected chi connectivity index (χ0v) is 26.7. The average molecular weight is 631 g/mol. The number of aliphatic carboxylic acids is 1. The van der Waals surface area contributed by atoms with Crippen LogP contribution in [0.1, 0.15) is 67.9 Å². The third-order valence-corrected chi connectivity index (χ3v) is 8.10. The molecule has 43 heavy (non-hydrogen) atoms. The van der Waals surface area contributed by atoms with E-state index in [-0.39, 0.29) is 36.9 Å². The minimum absolute atomic E-state index is 0. The molecule has 0 atom stereocenters. The fraction of sp³-hybridized carbons (Fsp3) is 0.424. The number of rotatable bonds is 11. The van der Waals surface area contributed by atoms with Gasteiger partial charge < -0.3 is 25.2 Å². The standard InChI is InChI=1S/C33H40ClN3O5.ClH/c1-21(2)24-8-5-6-9-25(24)26-11-13-28(31(39)36-33(32(40)41)16-14-23(38)15-17-33)35-30(26)22-10-12-27(34)29(20-22)42-19-7-18-37(3)4;/h5-6,8-13,20-21,23,38H,7,14-19H2,1-4H3,(H,36,39)(H,40,41);1H. The first-order valence-corrected chi connectivity index (χ1v) is 14.8. The van der Waals surface area contributed by atoms with Crippen LogP contribution in [0.4, 0.5) is 0 Å². The number of ether oxygens (including phenoxy) is 1. The maximum Gasteiger partial charge on any atom is 0.329 e. The van der Waals surface area contributed by atoms with E-state index < -0.39 is 23.5 Å². The van der Waals surface area contributed by atoms with E-state index in [9.17, 15) is 19.8 Å². The Balaban J connectivity index is 0.00000506. The first-order valence-electron chi connectivity index (χ1n) is 14.4. The molecule has 1 aliphatic carbocycles. The van der Waals surface area contributed by atoms with Gasteiger partial charge in [0.15, 0.2) is 0 Å². The number of pyridine rings is 1. The Kier molecular flexibility index (Phi) is 12.0. The summed E-state index contributed by atoms with van der Waals surface area (Å²) in [7, 11) is 4.02. The van der Waals surface area contributed by atoms with E-state index in [2.05, 4.69) is 30.1 Å². The molecule has 3 N–H and O–H groups in total. The van der Waals surface area contributed by atoms with E-state index in [1.807, 2.05) is 50.5 Å². The predicted octanol–water partition coefficient (Wildman–Crippen LogP) is 6.43. The van der Waals surface area contributed by atoms with Gasteiger partial charge in [-0.05, 0) is 87.5 Å². The van der Waals surface area contributed by atoms with Crippen molar-refractivity contribution in [2.75, 3.05) is 27.2 Å². The molecule has 0 unspecified atom stereocenters. The molecule has 1 fully saturated rings. The number of nitrogens with one attached hydrogen (secondary N) is 1. The third-order valence-electron chi connectivity index (χ3n) is 7.78. The Morgan fingerprint density at radius 2 is 1.79 bits per heavy atom. The molecule has 10 heteroatoms. The Bertz CT molecular complexity index is 1420. The van der Waals surface area contributed by atoms with Crippen molar-refractivity contribution in [3.05, 3.63) is 70.9 Å². The molecule has 0 spiro atoms. The van der Waals surface area contributed by atoms with Gasteiger partial charge in [-0.15, -0.1) is 12.4 Å². The van der Waals surface area contributed by atoms with E-state index in [0.717, 1.165) is 35.2 Å². The summed E-state index contributed by atoms with van der Waals surface area (Å²) in [6.45, 7) is 5.62. The van der Waals surface area contributed by atoms with Crippen molar-refractivity contribution in [2.24, 2.45) is 0 Å². The minimum Gasteiger partial charge on any atom is -0.492 e. The number of carbonyl (C=O) groups is 2. The Morgan fingerprint density at radius 1 is 1.09 bits per heavy atom. The van der Waals surface area contributed by atoms with Gasteiger partial charge in [-0.1, -0.05) is 55.8 Å². The van der Waals surface area contributed by atoms with Gasteiger partial charge in [0.1, 0.15) is 17.0 Å². The molecule has 1 aromatic heterocycles. The van der Waals surface area contributed by atoms with Crippen LogP contribution >= 0.6 is 24.0 Å². The molecular formula is C33H41Cl2N3O5. The summed E-state index contributed by atoms with van der Waals surface area (Å²) in [4.78, 5) is 32.7. The zero-order chi connectivity index (χ0) is 30.4. The highest BCUT2D eigenvalue weighted by Gasteiger charge is 2.43. The highest BCUT2D eigenvalue weighted by molar-refractivity contribution is 6.32. The monoisotopic (exact) mass is 629 g/mol. The van der Waals surface area contributed by atoms with Crippen molar-refractivity contribution in [1.82, 2.24) is 15.2 Å². The molecule has 1 amide bonds. The molecule has 4 rings (SSSR count). The molecule has 0 aliphatic heterocycles. The van der Waals surface area contributed by atoms with Gasteiger partial charge in [-0.25, -0.2) is 9.78 Å². The molecule has 0 bridgehead atoms. The molecule has 8 nitrogen and oxygen atoms in total. The smallest absolute Gasteiger partial charge is 0.329 e. The topological polar surface area (TPSA) is 112 Å². The maximum atomic E-state index is 13.5. The zero-order valence-electron chi connectivity index (χ0n) is 25.1. The lowest BCUT2D eigenvalue weighted by molar-refractivity contribution is -0.146. The van der Waals surface area contributed by atoms with E-state index in [1.54, 1.807) is 12.1 Å². The number of carbonyl (C=O) groups excluding carboxylic acids is 1. The molecule has 1 heterocycles. The van der Waals surface area contributed by atoms with Crippen molar-refractivity contribution in [3.8, 4) is 28.1 Å². The molecular weight excluding hydrogens is 589 g/mol. The summed E-state index contributed by atoms with van der Waals surface area (Å²) in [6, 6.07) is 17.0. The first kappa shape index (κ1) is 34.3. The fourth-order valence-corrected chi connectivity index (χ4v) is 5.53. The van der Waals surface area contributed by atoms with Crippen LogP contribution in [0.5, 0.6) is 5.75 Å². The van der Waals surface area contributed by atoms with Gasteiger partial charge in [0.25, 0.3) is 5.91 Å². The van der Waals surface area contributed by atoms with Crippen molar-refractivity contribution in [1.29, 1.82) is 0 Å². The second-order valence-corrected chi connectivity index (χ2v) is 12.0. The van der Waals surface area contributed by atoms with Crippen molar-refractivity contribution < 1.29 is 24.5 Å². The maximum absolute atomic E-state index is 13.5. The quantitative estimate of drug-likeness (QED) is 0.209. The normalized spacial score (nSPS) is 18.3. The molecule has 1 saturated carbocycles. The number of carboxylic acid groups (broad SMARTS) is 1. The Morgan fingerprint density at radius 3 is 2.44 bits per heavy atom. The van der Waals surface area contributed by atoms with Crippen LogP contribution in [-0.4, -0.2) is 70.9 Å². The number of aliphatic hydroxyl groups is 1. The molecule has 232 valence electrons. The number of hydrogen-bond acceptors (Lipinski definition) is 6. The van der Waals surface area contributed by atoms with Crippen molar-refractivity contribution in [2.45, 2.75) is 63.5 Å². The summed E-state index contributed by atoms with van der Waals surface area (Å²) in [5, 5.41) is 23.2. The Labute approximate surface area is 264 Å². The van der Waals surface area contributed by atoms with E-state index in [1.165, 1.54) is 0 Å². The second-order valence-electron chi connectivity index (χ2n) is 11.6. The molecule has 2 aromatic carbocycles. The van der Waals surface area contributed by atoms with Crippen LogP contribution in [0.25, 0.3) is 22.4 Å². The highest BCUT2D eigenvalue weighted by Crippen LogP contribution is 2.38. The van der Waals surface area contributed by atoms with Crippen LogP contribution in [0.15, 0.2) is 54.6 Å².